The minimum Gasteiger partial charge on any atom is -0.481 e. The van der Waals surface area contributed by atoms with Gasteiger partial charge >= 0.3 is 5.97 Å². The van der Waals surface area contributed by atoms with E-state index >= 15 is 0 Å². The van der Waals surface area contributed by atoms with Gasteiger partial charge in [-0.3, -0.25) is 4.79 Å². The molecular weight excluding hydrogens is 221 g/mol. The normalized spacial score (nSPS) is 45.6. The highest BCUT2D eigenvalue weighted by molar-refractivity contribution is 5.67. The highest BCUT2D eigenvalue weighted by Crippen LogP contribution is 2.68. The Balaban J connectivity index is 0.000000329. The second-order valence-corrected chi connectivity index (χ2v) is 5.69. The molecule has 3 aliphatic rings. The summed E-state index contributed by atoms with van der Waals surface area (Å²) in [6.07, 6.45) is 3.91. The van der Waals surface area contributed by atoms with Crippen LogP contribution in [0.2, 0.25) is 0 Å². The van der Waals surface area contributed by atoms with Crippen LogP contribution < -0.4 is 5.73 Å². The molecule has 3 fully saturated rings. The zero-order valence-electron chi connectivity index (χ0n) is 10.4. The number of rotatable bonds is 2. The predicted molar refractivity (Wildman–Crippen MR) is 63.2 cm³/mol. The number of nitrogens with two attached hydrogens (primary N) is 1. The lowest BCUT2D eigenvalue weighted by atomic mass is 9.53. The maximum Gasteiger partial charge on any atom is 0.303 e. The Bertz CT molecular complexity index is 302. The lowest BCUT2D eigenvalue weighted by Crippen LogP contribution is -2.57. The van der Waals surface area contributed by atoms with Gasteiger partial charge in [0, 0.05) is 6.42 Å². The van der Waals surface area contributed by atoms with E-state index in [0.717, 1.165) is 32.2 Å². The Morgan fingerprint density at radius 3 is 2.71 bits per heavy atom. The summed E-state index contributed by atoms with van der Waals surface area (Å²) < 4.78 is 14.3. The summed E-state index contributed by atoms with van der Waals surface area (Å²) in [5.74, 6) is 0.0934. The van der Waals surface area contributed by atoms with Crippen LogP contribution in [0.5, 0.6) is 0 Å². The number of hydrogen-bond donors (Lipinski definition) is 2. The summed E-state index contributed by atoms with van der Waals surface area (Å²) in [6.45, 7) is 2.65. The van der Waals surface area contributed by atoms with E-state index in [1.165, 1.54) is 0 Å². The molecule has 3 N–H and O–H groups in total. The molecule has 2 bridgehead atoms. The lowest BCUT2D eigenvalue weighted by molar-refractivity contribution is -0.158. The van der Waals surface area contributed by atoms with E-state index in [-0.39, 0.29) is 24.2 Å². The zero-order valence-corrected chi connectivity index (χ0v) is 10.4. The van der Waals surface area contributed by atoms with Crippen molar-refractivity contribution in [3.8, 4) is 0 Å². The Labute approximate surface area is 102 Å². The standard InChI is InChI=1S/C11H15FO2.C2H7N/c12-11-5-6-1-2-8(11)7(4-10(13)14)9(11)3-6;1-2-3/h6-9H,1-5H2,(H,13,14);2-3H2,1H3/t6?,7-,8?,9-,11-;/m0./s1. The molecule has 0 spiro atoms. The van der Waals surface area contributed by atoms with E-state index in [1.54, 1.807) is 0 Å². The van der Waals surface area contributed by atoms with E-state index in [9.17, 15) is 9.18 Å². The van der Waals surface area contributed by atoms with E-state index in [1.807, 2.05) is 6.92 Å². The van der Waals surface area contributed by atoms with Gasteiger partial charge in [0.15, 0.2) is 0 Å². The molecular formula is C13H22FNO2. The third kappa shape index (κ3) is 1.96. The van der Waals surface area contributed by atoms with Gasteiger partial charge < -0.3 is 10.8 Å². The van der Waals surface area contributed by atoms with E-state index in [0.29, 0.717) is 5.92 Å². The molecule has 0 aromatic rings. The van der Waals surface area contributed by atoms with Crippen LogP contribution in [0.1, 0.15) is 39.0 Å². The first-order valence-electron chi connectivity index (χ1n) is 6.63. The smallest absolute Gasteiger partial charge is 0.303 e. The van der Waals surface area contributed by atoms with Crippen LogP contribution in [0.4, 0.5) is 4.39 Å². The largest absolute Gasteiger partial charge is 0.481 e. The van der Waals surface area contributed by atoms with Gasteiger partial charge in [0.1, 0.15) is 5.67 Å². The van der Waals surface area contributed by atoms with Crippen LogP contribution in [-0.2, 0) is 4.79 Å². The topological polar surface area (TPSA) is 63.3 Å². The van der Waals surface area contributed by atoms with Gasteiger partial charge in [-0.1, -0.05) is 6.92 Å². The van der Waals surface area contributed by atoms with Crippen LogP contribution in [0.3, 0.4) is 0 Å². The van der Waals surface area contributed by atoms with Crippen LogP contribution in [0.25, 0.3) is 0 Å². The summed E-state index contributed by atoms with van der Waals surface area (Å²) in [7, 11) is 0. The lowest BCUT2D eigenvalue weighted by Gasteiger charge is -2.54. The van der Waals surface area contributed by atoms with Gasteiger partial charge in [-0.2, -0.15) is 0 Å². The van der Waals surface area contributed by atoms with Crippen molar-refractivity contribution in [1.82, 2.24) is 0 Å². The summed E-state index contributed by atoms with van der Waals surface area (Å²) in [4.78, 5) is 10.6. The van der Waals surface area contributed by atoms with Crippen molar-refractivity contribution < 1.29 is 14.3 Å². The molecule has 3 aliphatic carbocycles. The van der Waals surface area contributed by atoms with Gasteiger partial charge in [-0.05, 0) is 55.9 Å². The molecule has 0 heterocycles. The van der Waals surface area contributed by atoms with Crippen molar-refractivity contribution >= 4 is 5.97 Å². The molecule has 3 rings (SSSR count). The molecule has 98 valence electrons. The Hall–Kier alpha value is -0.640. The molecule has 2 unspecified atom stereocenters. The fourth-order valence-corrected chi connectivity index (χ4v) is 4.28. The maximum absolute atomic E-state index is 14.3. The van der Waals surface area contributed by atoms with Crippen molar-refractivity contribution in [2.24, 2.45) is 29.4 Å². The third-order valence-electron chi connectivity index (χ3n) is 4.75. The number of carbonyl (C=O) groups is 1. The van der Waals surface area contributed by atoms with Crippen molar-refractivity contribution in [3.63, 3.8) is 0 Å². The van der Waals surface area contributed by atoms with E-state index in [2.05, 4.69) is 0 Å². The van der Waals surface area contributed by atoms with Crippen molar-refractivity contribution in [1.29, 1.82) is 0 Å². The van der Waals surface area contributed by atoms with Crippen molar-refractivity contribution in [2.45, 2.75) is 44.7 Å². The molecule has 0 aliphatic heterocycles. The minimum absolute atomic E-state index is 0.0716. The first-order valence-corrected chi connectivity index (χ1v) is 6.63. The van der Waals surface area contributed by atoms with Gasteiger partial charge in [-0.25, -0.2) is 4.39 Å². The second-order valence-electron chi connectivity index (χ2n) is 5.69. The minimum atomic E-state index is -0.955. The van der Waals surface area contributed by atoms with E-state index < -0.39 is 11.6 Å². The first-order chi connectivity index (χ1) is 8.02. The average molecular weight is 243 g/mol. The maximum atomic E-state index is 14.3. The second kappa shape index (κ2) is 4.56. The Morgan fingerprint density at radius 1 is 1.47 bits per heavy atom. The van der Waals surface area contributed by atoms with Crippen molar-refractivity contribution in [3.05, 3.63) is 0 Å². The Morgan fingerprint density at radius 2 is 2.12 bits per heavy atom. The number of fused-ring (bicyclic) bond motifs is 1. The number of aliphatic carboxylic acids is 1. The van der Waals surface area contributed by atoms with Crippen molar-refractivity contribution in [2.75, 3.05) is 6.54 Å². The summed E-state index contributed by atoms with van der Waals surface area (Å²) in [6, 6.07) is 0. The molecule has 0 aromatic heterocycles. The number of hydrogen-bond acceptors (Lipinski definition) is 2. The number of carboxylic acids is 1. The zero-order chi connectivity index (χ0) is 12.6. The Kier molecular flexibility index (Phi) is 3.43. The van der Waals surface area contributed by atoms with Crippen LogP contribution in [-0.4, -0.2) is 23.3 Å². The monoisotopic (exact) mass is 243 g/mol. The average Bonchev–Trinajstić information content (AvgIpc) is 2.38. The summed E-state index contributed by atoms with van der Waals surface area (Å²) >= 11 is 0. The van der Waals surface area contributed by atoms with Gasteiger partial charge in [0.05, 0.1) is 0 Å². The van der Waals surface area contributed by atoms with Gasteiger partial charge in [-0.15, -0.1) is 0 Å². The fourth-order valence-electron chi connectivity index (χ4n) is 4.28. The molecule has 4 heteroatoms. The summed E-state index contributed by atoms with van der Waals surface area (Å²) in [5.41, 5.74) is 3.89. The van der Waals surface area contributed by atoms with Crippen LogP contribution in [0.15, 0.2) is 0 Å². The molecule has 5 atom stereocenters. The molecule has 0 amide bonds. The predicted octanol–water partition coefficient (Wildman–Crippen LogP) is 2.20. The fraction of sp³-hybridized carbons (Fsp3) is 0.923. The number of carboxylic acid groups (broad SMARTS) is 1. The van der Waals surface area contributed by atoms with Gasteiger partial charge in [0.2, 0.25) is 0 Å². The molecule has 3 nitrogen and oxygen atoms in total. The quantitative estimate of drug-likeness (QED) is 0.781. The number of halogens is 1. The SMILES string of the molecule is CCN.O=C(O)C[C@H]1C2CCC3C[C@@H]1[C@]2(F)C3. The van der Waals surface area contributed by atoms with E-state index in [4.69, 9.17) is 10.8 Å². The van der Waals surface area contributed by atoms with Crippen LogP contribution >= 0.6 is 0 Å². The third-order valence-corrected chi connectivity index (χ3v) is 4.75. The highest BCUT2D eigenvalue weighted by Gasteiger charge is 2.68. The molecule has 17 heavy (non-hydrogen) atoms. The number of alkyl halides is 1. The molecule has 0 radical (unpaired) electrons. The van der Waals surface area contributed by atoms with Crippen LogP contribution in [0, 0.1) is 23.7 Å². The molecule has 3 saturated carbocycles. The first kappa shape index (κ1) is 12.8. The van der Waals surface area contributed by atoms with Gasteiger partial charge in [0.25, 0.3) is 0 Å². The summed E-state index contributed by atoms with van der Waals surface area (Å²) in [5, 5.41) is 8.76. The highest BCUT2D eigenvalue weighted by atomic mass is 19.1. The molecule has 0 saturated heterocycles. The molecule has 0 aromatic carbocycles.